The Labute approximate surface area is 126 Å². The first-order valence-electron chi connectivity index (χ1n) is 7.23. The van der Waals surface area contributed by atoms with Crippen LogP contribution in [0.15, 0.2) is 18.6 Å². The van der Waals surface area contributed by atoms with Gasteiger partial charge in [-0.15, -0.1) is 0 Å². The summed E-state index contributed by atoms with van der Waals surface area (Å²) >= 11 is 0. The Morgan fingerprint density at radius 3 is 2.57 bits per heavy atom. The fourth-order valence-electron chi connectivity index (χ4n) is 1.69. The average Bonchev–Trinajstić information content (AvgIpc) is 2.36. The van der Waals surface area contributed by atoms with Gasteiger partial charge in [-0.05, 0) is 26.7 Å². The van der Waals surface area contributed by atoms with Gasteiger partial charge in [-0.3, -0.25) is 9.97 Å². The maximum atomic E-state index is 11.8. The minimum Gasteiger partial charge on any atom is -0.444 e. The van der Waals surface area contributed by atoms with Crippen LogP contribution in [0.5, 0.6) is 0 Å². The summed E-state index contributed by atoms with van der Waals surface area (Å²) in [5.41, 5.74) is 0.385. The lowest BCUT2D eigenvalue weighted by atomic mass is 10.0. The summed E-state index contributed by atoms with van der Waals surface area (Å²) in [6.07, 6.45) is 4.64. The summed E-state index contributed by atoms with van der Waals surface area (Å²) in [4.78, 5) is 20.0. The molecule has 118 valence electrons. The van der Waals surface area contributed by atoms with Crippen molar-refractivity contribution in [2.75, 3.05) is 6.54 Å². The highest BCUT2D eigenvalue weighted by atomic mass is 16.6. The second kappa shape index (κ2) is 7.93. The number of rotatable bonds is 6. The lowest BCUT2D eigenvalue weighted by Gasteiger charge is -2.26. The Hall–Kier alpha value is -1.69. The van der Waals surface area contributed by atoms with E-state index in [1.165, 1.54) is 0 Å². The van der Waals surface area contributed by atoms with Gasteiger partial charge in [0.05, 0.1) is 5.69 Å². The molecule has 1 amide bonds. The molecule has 1 rings (SSSR count). The van der Waals surface area contributed by atoms with Gasteiger partial charge in [-0.25, -0.2) is 4.79 Å². The molecule has 1 unspecified atom stereocenters. The zero-order valence-electron chi connectivity index (χ0n) is 13.5. The number of aromatic nitrogens is 2. The van der Waals surface area contributed by atoms with Gasteiger partial charge in [0.1, 0.15) is 5.60 Å². The van der Waals surface area contributed by atoms with E-state index in [0.717, 1.165) is 5.69 Å². The molecule has 0 radical (unpaired) electrons. The summed E-state index contributed by atoms with van der Waals surface area (Å²) in [5.74, 6) is 0.298. The van der Waals surface area contributed by atoms with Crippen LogP contribution in [0, 0.1) is 5.92 Å². The van der Waals surface area contributed by atoms with Gasteiger partial charge < -0.3 is 15.4 Å². The number of carbonyl (C=O) groups is 1. The molecular weight excluding hydrogens is 268 g/mol. The zero-order chi connectivity index (χ0) is 15.9. The van der Waals surface area contributed by atoms with E-state index in [4.69, 9.17) is 4.74 Å². The molecule has 6 nitrogen and oxygen atoms in total. The molecule has 6 heteroatoms. The largest absolute Gasteiger partial charge is 0.444 e. The van der Waals surface area contributed by atoms with Gasteiger partial charge in [0.15, 0.2) is 0 Å². The Morgan fingerprint density at radius 2 is 2.05 bits per heavy atom. The molecular formula is C15H26N4O2. The molecule has 0 saturated carbocycles. The zero-order valence-corrected chi connectivity index (χ0v) is 13.5. The van der Waals surface area contributed by atoms with Crippen molar-refractivity contribution < 1.29 is 9.53 Å². The molecule has 0 bridgehead atoms. The third-order valence-corrected chi connectivity index (χ3v) is 2.79. The molecule has 1 atom stereocenters. The number of carbonyl (C=O) groups excluding carboxylic acids is 1. The van der Waals surface area contributed by atoms with Crippen LogP contribution in [0.1, 0.15) is 40.3 Å². The van der Waals surface area contributed by atoms with E-state index in [9.17, 15) is 4.79 Å². The van der Waals surface area contributed by atoms with Gasteiger partial charge in [0.25, 0.3) is 0 Å². The van der Waals surface area contributed by atoms with Gasteiger partial charge in [-0.2, -0.15) is 0 Å². The van der Waals surface area contributed by atoms with Crippen molar-refractivity contribution in [1.29, 1.82) is 0 Å². The van der Waals surface area contributed by atoms with Crippen molar-refractivity contribution >= 4 is 6.09 Å². The normalized spacial score (nSPS) is 13.0. The van der Waals surface area contributed by atoms with Crippen molar-refractivity contribution in [3.8, 4) is 0 Å². The molecule has 0 aliphatic rings. The van der Waals surface area contributed by atoms with Crippen molar-refractivity contribution in [3.63, 3.8) is 0 Å². The number of amides is 1. The standard InChI is InChI=1S/C15H26N4O2/c1-11(2)13(19-14(20)21-15(3,4)5)10-17-9-12-8-16-6-7-18-12/h6-8,11,13,17H,9-10H2,1-5H3,(H,19,20). The van der Waals surface area contributed by atoms with Gasteiger partial charge in [0.2, 0.25) is 0 Å². The summed E-state index contributed by atoms with van der Waals surface area (Å²) in [7, 11) is 0. The Morgan fingerprint density at radius 1 is 1.33 bits per heavy atom. The SMILES string of the molecule is CC(C)C(CNCc1cnccn1)NC(=O)OC(C)(C)C. The fourth-order valence-corrected chi connectivity index (χ4v) is 1.69. The second-order valence-corrected chi connectivity index (χ2v) is 6.32. The maximum Gasteiger partial charge on any atom is 0.407 e. The van der Waals surface area contributed by atoms with Crippen LogP contribution in [-0.2, 0) is 11.3 Å². The number of ether oxygens (including phenoxy) is 1. The molecule has 21 heavy (non-hydrogen) atoms. The maximum absolute atomic E-state index is 11.8. The lowest BCUT2D eigenvalue weighted by molar-refractivity contribution is 0.0490. The topological polar surface area (TPSA) is 76.1 Å². The predicted molar refractivity (Wildman–Crippen MR) is 81.7 cm³/mol. The summed E-state index contributed by atoms with van der Waals surface area (Å²) < 4.78 is 5.28. The Kier molecular flexibility index (Phi) is 6.55. The second-order valence-electron chi connectivity index (χ2n) is 6.32. The number of nitrogens with zero attached hydrogens (tertiary/aromatic N) is 2. The van der Waals surface area contributed by atoms with Crippen LogP contribution in [-0.4, -0.2) is 34.2 Å². The van der Waals surface area contributed by atoms with E-state index < -0.39 is 5.60 Å². The van der Waals surface area contributed by atoms with Crippen LogP contribution in [0.3, 0.4) is 0 Å². The summed E-state index contributed by atoms with van der Waals surface area (Å²) in [5, 5.41) is 6.18. The number of alkyl carbamates (subject to hydrolysis) is 1. The third-order valence-electron chi connectivity index (χ3n) is 2.79. The molecule has 2 N–H and O–H groups in total. The number of hydrogen-bond donors (Lipinski definition) is 2. The minimum absolute atomic E-state index is 0.00322. The van der Waals surface area contributed by atoms with Crippen molar-refractivity contribution in [2.24, 2.45) is 5.92 Å². The first kappa shape index (κ1) is 17.4. The third kappa shape index (κ3) is 7.60. The van der Waals surface area contributed by atoms with Gasteiger partial charge in [0, 0.05) is 37.7 Å². The predicted octanol–water partition coefficient (Wildman–Crippen LogP) is 2.12. The van der Waals surface area contributed by atoms with Gasteiger partial charge in [-0.1, -0.05) is 13.8 Å². The van der Waals surface area contributed by atoms with Crippen LogP contribution in [0.2, 0.25) is 0 Å². The van der Waals surface area contributed by atoms with Gasteiger partial charge >= 0.3 is 6.09 Å². The number of hydrogen-bond acceptors (Lipinski definition) is 5. The summed E-state index contributed by atoms with van der Waals surface area (Å²) in [6.45, 7) is 10.9. The smallest absolute Gasteiger partial charge is 0.407 e. The van der Waals surface area contributed by atoms with Crippen LogP contribution in [0.25, 0.3) is 0 Å². The number of nitrogens with one attached hydrogen (secondary N) is 2. The quantitative estimate of drug-likeness (QED) is 0.840. The van der Waals surface area contributed by atoms with E-state index in [1.54, 1.807) is 18.6 Å². The molecule has 1 aromatic rings. The minimum atomic E-state index is -0.487. The molecule has 0 fully saturated rings. The fraction of sp³-hybridized carbons (Fsp3) is 0.667. The van der Waals surface area contributed by atoms with E-state index in [-0.39, 0.29) is 12.1 Å². The van der Waals surface area contributed by atoms with E-state index in [2.05, 4.69) is 34.4 Å². The molecule has 1 heterocycles. The Balaban J connectivity index is 2.41. The first-order valence-corrected chi connectivity index (χ1v) is 7.23. The highest BCUT2D eigenvalue weighted by molar-refractivity contribution is 5.68. The molecule has 0 aliphatic heterocycles. The first-order chi connectivity index (χ1) is 9.78. The van der Waals surface area contributed by atoms with Crippen LogP contribution < -0.4 is 10.6 Å². The van der Waals surface area contributed by atoms with E-state index in [0.29, 0.717) is 19.0 Å². The molecule has 0 aromatic carbocycles. The Bertz CT molecular complexity index is 429. The molecule has 1 aromatic heterocycles. The van der Waals surface area contributed by atoms with Crippen molar-refractivity contribution in [3.05, 3.63) is 24.3 Å². The molecule has 0 aliphatic carbocycles. The molecule has 0 spiro atoms. The lowest BCUT2D eigenvalue weighted by Crippen LogP contribution is -2.47. The van der Waals surface area contributed by atoms with E-state index in [1.807, 2.05) is 20.8 Å². The average molecular weight is 294 g/mol. The highest BCUT2D eigenvalue weighted by Crippen LogP contribution is 2.08. The van der Waals surface area contributed by atoms with Crippen LogP contribution >= 0.6 is 0 Å². The van der Waals surface area contributed by atoms with Crippen molar-refractivity contribution in [1.82, 2.24) is 20.6 Å². The molecule has 0 saturated heterocycles. The summed E-state index contributed by atoms with van der Waals surface area (Å²) in [6, 6.07) is -0.00322. The van der Waals surface area contributed by atoms with Crippen molar-refractivity contribution in [2.45, 2.75) is 52.8 Å². The monoisotopic (exact) mass is 294 g/mol. The highest BCUT2D eigenvalue weighted by Gasteiger charge is 2.21. The van der Waals surface area contributed by atoms with E-state index >= 15 is 0 Å². The van der Waals surface area contributed by atoms with Crippen LogP contribution in [0.4, 0.5) is 4.79 Å².